The molecular formula is C23H21N5O3S. The number of hydrogen-bond donors (Lipinski definition) is 2. The quantitative estimate of drug-likeness (QED) is 0.441. The highest BCUT2D eigenvalue weighted by molar-refractivity contribution is 7.90. The maximum atomic E-state index is 13.0. The lowest BCUT2D eigenvalue weighted by Crippen LogP contribution is -2.19. The molecule has 3 N–H and O–H groups in total. The van der Waals surface area contributed by atoms with E-state index < -0.39 is 15.9 Å². The van der Waals surface area contributed by atoms with Gasteiger partial charge in [-0.15, -0.1) is 0 Å². The number of anilines is 1. The number of rotatable bonds is 6. The minimum absolute atomic E-state index is 0.0372. The van der Waals surface area contributed by atoms with Crippen LogP contribution in [-0.2, 0) is 21.9 Å². The average molecular weight is 448 g/mol. The van der Waals surface area contributed by atoms with Crippen LogP contribution in [0, 0.1) is 0 Å². The van der Waals surface area contributed by atoms with Crippen LogP contribution in [-0.4, -0.2) is 28.1 Å². The lowest BCUT2D eigenvalue weighted by Gasteiger charge is -2.06. The van der Waals surface area contributed by atoms with E-state index in [0.29, 0.717) is 11.3 Å². The monoisotopic (exact) mass is 447 g/mol. The third-order valence-corrected chi connectivity index (χ3v) is 6.42. The van der Waals surface area contributed by atoms with E-state index >= 15 is 0 Å². The van der Waals surface area contributed by atoms with E-state index in [4.69, 9.17) is 5.73 Å². The van der Waals surface area contributed by atoms with Crippen molar-refractivity contribution in [3.05, 3.63) is 96.7 Å². The Morgan fingerprint density at radius 3 is 2.38 bits per heavy atom. The number of aromatic nitrogens is 3. The Kier molecular flexibility index (Phi) is 5.65. The lowest BCUT2D eigenvalue weighted by molar-refractivity contribution is -0.112. The summed E-state index contributed by atoms with van der Waals surface area (Å²) in [5, 5.41) is 6.81. The van der Waals surface area contributed by atoms with Crippen LogP contribution in [0.4, 0.5) is 5.69 Å². The van der Waals surface area contributed by atoms with Gasteiger partial charge in [-0.3, -0.25) is 9.48 Å². The molecule has 0 fully saturated rings. The maximum absolute atomic E-state index is 13.0. The third-order valence-electron chi connectivity index (χ3n) is 4.77. The Hall–Kier alpha value is -4.11. The van der Waals surface area contributed by atoms with Gasteiger partial charge in [-0.2, -0.15) is 5.10 Å². The van der Waals surface area contributed by atoms with Gasteiger partial charge in [-0.05, 0) is 47.5 Å². The van der Waals surface area contributed by atoms with E-state index in [0.717, 1.165) is 15.1 Å². The lowest BCUT2D eigenvalue weighted by atomic mass is 10.1. The van der Waals surface area contributed by atoms with Crippen molar-refractivity contribution in [2.45, 2.75) is 4.90 Å². The summed E-state index contributed by atoms with van der Waals surface area (Å²) in [5.74, 6) is -0.474. The molecule has 4 aromatic rings. The van der Waals surface area contributed by atoms with Gasteiger partial charge in [-0.1, -0.05) is 30.3 Å². The number of amides is 1. The first-order chi connectivity index (χ1) is 15.3. The van der Waals surface area contributed by atoms with Gasteiger partial charge in [0, 0.05) is 36.9 Å². The average Bonchev–Trinajstić information content (AvgIpc) is 3.44. The molecule has 0 unspecified atom stereocenters. The van der Waals surface area contributed by atoms with Crippen molar-refractivity contribution in [2.75, 3.05) is 5.32 Å². The fourth-order valence-electron chi connectivity index (χ4n) is 3.11. The van der Waals surface area contributed by atoms with Crippen LogP contribution >= 0.6 is 0 Å². The largest absolute Gasteiger partial charge is 0.394 e. The molecule has 0 aliphatic heterocycles. The summed E-state index contributed by atoms with van der Waals surface area (Å²) in [4.78, 5) is 12.4. The van der Waals surface area contributed by atoms with Crippen molar-refractivity contribution in [3.8, 4) is 11.1 Å². The fraction of sp³-hybridized carbons (Fsp3) is 0.0435. The molecule has 0 saturated carbocycles. The summed E-state index contributed by atoms with van der Waals surface area (Å²) in [5.41, 5.74) is 8.71. The normalized spacial score (nSPS) is 12.0. The molecule has 0 radical (unpaired) electrons. The summed E-state index contributed by atoms with van der Waals surface area (Å²) in [6, 6.07) is 17.1. The van der Waals surface area contributed by atoms with E-state index in [-0.39, 0.29) is 10.6 Å². The van der Waals surface area contributed by atoms with E-state index in [2.05, 4.69) is 10.4 Å². The summed E-state index contributed by atoms with van der Waals surface area (Å²) in [6.45, 7) is 0. The van der Waals surface area contributed by atoms with Crippen LogP contribution in [0.1, 0.15) is 5.56 Å². The highest BCUT2D eigenvalue weighted by Crippen LogP contribution is 2.22. The number of hydrogen-bond acceptors (Lipinski definition) is 5. The molecule has 0 aliphatic rings. The second-order valence-electron chi connectivity index (χ2n) is 7.13. The van der Waals surface area contributed by atoms with Gasteiger partial charge in [0.25, 0.3) is 15.9 Å². The van der Waals surface area contributed by atoms with E-state index in [1.807, 2.05) is 19.3 Å². The van der Waals surface area contributed by atoms with Gasteiger partial charge in [0.1, 0.15) is 0 Å². The molecular weight excluding hydrogens is 426 g/mol. The van der Waals surface area contributed by atoms with Crippen LogP contribution in [0.15, 0.2) is 96.0 Å². The van der Waals surface area contributed by atoms with Crippen LogP contribution in [0.5, 0.6) is 0 Å². The minimum atomic E-state index is -3.79. The van der Waals surface area contributed by atoms with E-state index in [1.54, 1.807) is 65.5 Å². The van der Waals surface area contributed by atoms with Crippen LogP contribution in [0.3, 0.4) is 0 Å². The predicted octanol–water partition coefficient (Wildman–Crippen LogP) is 3.06. The Bertz CT molecular complexity index is 1380. The van der Waals surface area contributed by atoms with E-state index in [9.17, 15) is 13.2 Å². The Balaban J connectivity index is 1.51. The number of para-hydroxylation sites is 1. The van der Waals surface area contributed by atoms with Gasteiger partial charge in [-0.25, -0.2) is 12.4 Å². The first kappa shape index (κ1) is 21.1. The minimum Gasteiger partial charge on any atom is -0.394 e. The van der Waals surface area contributed by atoms with Crippen molar-refractivity contribution in [2.24, 2.45) is 12.8 Å². The first-order valence-electron chi connectivity index (χ1n) is 9.69. The van der Waals surface area contributed by atoms with Gasteiger partial charge in [0.15, 0.2) is 0 Å². The molecule has 0 atom stereocenters. The Morgan fingerprint density at radius 2 is 1.72 bits per heavy atom. The number of nitrogens with one attached hydrogen (secondary N) is 1. The zero-order valence-electron chi connectivity index (χ0n) is 17.2. The molecule has 0 aliphatic carbocycles. The van der Waals surface area contributed by atoms with Gasteiger partial charge < -0.3 is 11.1 Å². The van der Waals surface area contributed by atoms with Crippen molar-refractivity contribution in [3.63, 3.8) is 0 Å². The number of nitrogens with zero attached hydrogens (tertiary/aromatic N) is 3. The zero-order chi connectivity index (χ0) is 22.7. The summed E-state index contributed by atoms with van der Waals surface area (Å²) in [7, 11) is -1.97. The van der Waals surface area contributed by atoms with Crippen LogP contribution < -0.4 is 11.1 Å². The molecule has 1 amide bonds. The van der Waals surface area contributed by atoms with Crippen molar-refractivity contribution in [1.82, 2.24) is 13.8 Å². The topological polar surface area (TPSA) is 112 Å². The summed E-state index contributed by atoms with van der Waals surface area (Å²) in [6.07, 6.45) is 7.82. The summed E-state index contributed by atoms with van der Waals surface area (Å²) >= 11 is 0. The van der Waals surface area contributed by atoms with Crippen molar-refractivity contribution >= 4 is 27.7 Å². The molecule has 2 aromatic carbocycles. The fourth-order valence-corrected chi connectivity index (χ4v) is 4.31. The molecule has 9 heteroatoms. The molecule has 0 bridgehead atoms. The molecule has 8 nitrogen and oxygen atoms in total. The SMILES string of the molecule is Cn1cc(-c2ccc(S(=O)(=O)n3ccc(C=C(N)C(=O)Nc4ccccc4)c3)cc2)cn1. The molecule has 32 heavy (non-hydrogen) atoms. The number of benzene rings is 2. The van der Waals surface area contributed by atoms with Gasteiger partial charge >= 0.3 is 0 Å². The Morgan fingerprint density at radius 1 is 1.00 bits per heavy atom. The van der Waals surface area contributed by atoms with Crippen molar-refractivity contribution < 1.29 is 13.2 Å². The summed E-state index contributed by atoms with van der Waals surface area (Å²) < 4.78 is 28.7. The van der Waals surface area contributed by atoms with Crippen LogP contribution in [0.2, 0.25) is 0 Å². The zero-order valence-corrected chi connectivity index (χ0v) is 18.0. The molecule has 2 aromatic heterocycles. The number of carbonyl (C=O) groups excluding carboxylic acids is 1. The standard InChI is InChI=1S/C23H21N5O3S/c1-27-16-19(14-25-27)18-7-9-21(10-8-18)32(30,31)28-12-11-17(15-28)13-22(24)23(29)26-20-5-3-2-4-6-20/h2-16H,24H2,1H3,(H,26,29). The second-order valence-corrected chi connectivity index (χ2v) is 8.97. The molecule has 2 heterocycles. The molecule has 0 saturated heterocycles. The van der Waals surface area contributed by atoms with Gasteiger partial charge in [0.2, 0.25) is 0 Å². The highest BCUT2D eigenvalue weighted by Gasteiger charge is 2.17. The number of aryl methyl sites for hydroxylation is 1. The second kappa shape index (κ2) is 8.56. The van der Waals surface area contributed by atoms with Gasteiger partial charge in [0.05, 0.1) is 16.8 Å². The molecule has 162 valence electrons. The number of carbonyl (C=O) groups is 1. The first-order valence-corrected chi connectivity index (χ1v) is 11.1. The Labute approximate surface area is 185 Å². The third kappa shape index (κ3) is 4.47. The highest BCUT2D eigenvalue weighted by atomic mass is 32.2. The maximum Gasteiger partial charge on any atom is 0.271 e. The predicted molar refractivity (Wildman–Crippen MR) is 123 cm³/mol. The van der Waals surface area contributed by atoms with Crippen molar-refractivity contribution in [1.29, 1.82) is 0 Å². The molecule has 0 spiro atoms. The molecule has 4 rings (SSSR count). The smallest absolute Gasteiger partial charge is 0.271 e. The van der Waals surface area contributed by atoms with Crippen LogP contribution in [0.25, 0.3) is 17.2 Å². The van der Waals surface area contributed by atoms with E-state index in [1.165, 1.54) is 18.5 Å². The number of nitrogens with two attached hydrogens (primary N) is 1.